The molecule has 70 heavy (non-hydrogen) atoms. The molecule has 0 bridgehead atoms. The molecule has 11 N–H and O–H groups in total. The minimum atomic E-state index is -1.94. The fourth-order valence-corrected chi connectivity index (χ4v) is 14.6. The second kappa shape index (κ2) is 20.8. The Balaban J connectivity index is 0.731. The quantitative estimate of drug-likeness (QED) is 0.109. The van der Waals surface area contributed by atoms with Crippen LogP contribution in [0.1, 0.15) is 85.5 Å². The first-order valence-corrected chi connectivity index (χ1v) is 26.0. The maximum atomic E-state index is 11.5. The fraction of sp³-hybridized carbons (Fsp3) is 0.959. The third kappa shape index (κ3) is 9.28. The Hall–Kier alpha value is -1.10. The van der Waals surface area contributed by atoms with Gasteiger partial charge in [0.2, 0.25) is 0 Å². The summed E-state index contributed by atoms with van der Waals surface area (Å²) >= 11 is 0. The van der Waals surface area contributed by atoms with Crippen molar-refractivity contribution in [2.75, 3.05) is 19.8 Å². The van der Waals surface area contributed by atoms with Crippen molar-refractivity contribution in [1.82, 2.24) is 0 Å². The standard InChI is InChI=1S/C49H78O21/c1-18-11-12-49(61-17-18)19(2)32-27-10-9-25-24-8-6-23(13-22(24)5-7-26(25)28(27)14-29(32)70-49)64-46-39(58)36(55)42(30(15-50)65-46)67-47-40(59)37(56)43(31(16-51)66-47)68-48-41(60)44(34(53)21(4)63-48)69-45-38(57)35(54)33(52)20(3)62-45/h5,18-21,23-48,50-60H,6-17H2,1-4H3/t18-,19+,20+,21+,23+,24?,25?,26?,27?,28?,29?,30-,31-,32?,33+,34+,35-,36-,37-,38-,39-,40-,41-,42+,43+,44-,45+,46-,47+,48+,49-/m1/s1. The van der Waals surface area contributed by atoms with E-state index in [1.165, 1.54) is 32.3 Å². The van der Waals surface area contributed by atoms with Crippen LogP contribution in [0, 0.1) is 47.3 Å². The molecule has 21 heteroatoms. The zero-order valence-electron chi connectivity index (χ0n) is 40.4. The number of fused-ring (bicyclic) bond motifs is 7. The van der Waals surface area contributed by atoms with E-state index in [0.717, 1.165) is 45.1 Å². The van der Waals surface area contributed by atoms with Crippen LogP contribution in [0.15, 0.2) is 11.6 Å². The Bertz CT molecular complexity index is 1800. The van der Waals surface area contributed by atoms with Gasteiger partial charge in [0.25, 0.3) is 0 Å². The van der Waals surface area contributed by atoms with E-state index in [2.05, 4.69) is 19.9 Å². The highest BCUT2D eigenvalue weighted by molar-refractivity contribution is 5.20. The van der Waals surface area contributed by atoms with Crippen LogP contribution >= 0.6 is 0 Å². The summed E-state index contributed by atoms with van der Waals surface area (Å²) in [6.07, 6.45) is -20.0. The lowest BCUT2D eigenvalue weighted by Gasteiger charge is -2.51. The number of aliphatic hydroxyl groups is 11. The second-order valence-corrected chi connectivity index (χ2v) is 22.5. The van der Waals surface area contributed by atoms with Crippen molar-refractivity contribution in [2.45, 2.75) is 226 Å². The summed E-state index contributed by atoms with van der Waals surface area (Å²) in [6.45, 7) is 6.73. The van der Waals surface area contributed by atoms with E-state index >= 15 is 0 Å². The minimum absolute atomic E-state index is 0.268. The molecule has 3 saturated carbocycles. The highest BCUT2D eigenvalue weighted by atomic mass is 16.8. The van der Waals surface area contributed by atoms with Crippen LogP contribution in [0.3, 0.4) is 0 Å². The van der Waals surface area contributed by atoms with Gasteiger partial charge in [-0.05, 0) is 107 Å². The molecule has 0 radical (unpaired) electrons. The Morgan fingerprint density at radius 2 is 1.13 bits per heavy atom. The van der Waals surface area contributed by atoms with E-state index in [0.29, 0.717) is 53.8 Å². The molecular formula is C49H78O21. The minimum Gasteiger partial charge on any atom is -0.394 e. The molecule has 0 aromatic rings. The molecule has 7 unspecified atom stereocenters. The average Bonchev–Trinajstić information content (AvgIpc) is 3.85. The lowest BCUT2D eigenvalue weighted by molar-refractivity contribution is -0.387. The van der Waals surface area contributed by atoms with Gasteiger partial charge in [0.1, 0.15) is 85.5 Å². The first-order valence-electron chi connectivity index (χ1n) is 26.0. The molecular weight excluding hydrogens is 925 g/mol. The Morgan fingerprint density at radius 3 is 1.76 bits per heavy atom. The molecule has 0 aromatic carbocycles. The zero-order chi connectivity index (χ0) is 49.7. The third-order valence-corrected chi connectivity index (χ3v) is 18.5. The van der Waals surface area contributed by atoms with Gasteiger partial charge in [-0.1, -0.05) is 25.5 Å². The number of ether oxygens (including phenoxy) is 10. The van der Waals surface area contributed by atoms with Crippen LogP contribution in [0.4, 0.5) is 0 Å². The van der Waals surface area contributed by atoms with Gasteiger partial charge in [0, 0.05) is 12.3 Å². The SMILES string of the molecule is C[C@@H]1CC[C@@]2(OC1)OC1CC3C4CC=C5C[C@@H](O[C@@H]6O[C@H](CO)[C@H](O[C@@H]7O[C@H](CO)[C@H](O[C@@H]8O[C@@H](C)[C@H](O)[C@@H](O[C@@H]9O[C@@H](C)[C@H](O)[C@@H](O)[C@H]9O)[C@H]8O)[C@H](O)[C@H]7O)[C@H](O)[C@H]6O)CCC5C4CCC3C1[C@@H]2C. The first-order chi connectivity index (χ1) is 33.4. The van der Waals surface area contributed by atoms with Gasteiger partial charge in [0.15, 0.2) is 30.9 Å². The lowest BCUT2D eigenvalue weighted by atomic mass is 9.55. The smallest absolute Gasteiger partial charge is 0.187 e. The molecule has 0 amide bonds. The summed E-state index contributed by atoms with van der Waals surface area (Å²) in [5.74, 6) is 4.09. The normalized spacial score (nSPS) is 56.9. The average molecular weight is 1000 g/mol. The van der Waals surface area contributed by atoms with Crippen LogP contribution < -0.4 is 0 Å². The molecule has 9 fully saturated rings. The molecule has 400 valence electrons. The van der Waals surface area contributed by atoms with E-state index in [1.807, 2.05) is 0 Å². The zero-order valence-corrected chi connectivity index (χ0v) is 40.4. The molecule has 6 aliphatic heterocycles. The van der Waals surface area contributed by atoms with E-state index in [-0.39, 0.29) is 12.2 Å². The van der Waals surface area contributed by atoms with Crippen molar-refractivity contribution in [3.05, 3.63) is 11.6 Å². The van der Waals surface area contributed by atoms with Crippen LogP contribution in [-0.2, 0) is 47.4 Å². The number of hydrogen-bond donors (Lipinski definition) is 11. The molecule has 1 spiro atoms. The summed E-state index contributed by atoms with van der Waals surface area (Å²) in [4.78, 5) is 0. The summed E-state index contributed by atoms with van der Waals surface area (Å²) in [6, 6.07) is 0. The van der Waals surface area contributed by atoms with Crippen molar-refractivity contribution >= 4 is 0 Å². The van der Waals surface area contributed by atoms with Gasteiger partial charge in [0.05, 0.1) is 44.2 Å². The molecule has 6 heterocycles. The van der Waals surface area contributed by atoms with Gasteiger partial charge >= 0.3 is 0 Å². The van der Waals surface area contributed by atoms with Crippen molar-refractivity contribution < 1.29 is 104 Å². The van der Waals surface area contributed by atoms with Crippen molar-refractivity contribution in [3.63, 3.8) is 0 Å². The van der Waals surface area contributed by atoms with Crippen LogP contribution in [-0.4, -0.2) is 217 Å². The van der Waals surface area contributed by atoms with Crippen LogP contribution in [0.2, 0.25) is 0 Å². The van der Waals surface area contributed by atoms with E-state index in [4.69, 9.17) is 47.4 Å². The molecule has 21 nitrogen and oxygen atoms in total. The van der Waals surface area contributed by atoms with Gasteiger partial charge in [-0.15, -0.1) is 0 Å². The second-order valence-electron chi connectivity index (χ2n) is 22.5. The Morgan fingerprint density at radius 1 is 0.557 bits per heavy atom. The molecule has 4 aliphatic carbocycles. The van der Waals surface area contributed by atoms with E-state index in [1.54, 1.807) is 0 Å². The largest absolute Gasteiger partial charge is 0.394 e. The predicted molar refractivity (Wildman–Crippen MR) is 236 cm³/mol. The summed E-state index contributed by atoms with van der Waals surface area (Å²) in [5.41, 5.74) is 1.37. The maximum Gasteiger partial charge on any atom is 0.187 e. The van der Waals surface area contributed by atoms with Crippen molar-refractivity contribution in [2.24, 2.45) is 47.3 Å². The number of hydrogen-bond acceptors (Lipinski definition) is 21. The number of aliphatic hydroxyl groups excluding tert-OH is 11. The molecule has 10 aliphatic rings. The Kier molecular flexibility index (Phi) is 15.5. The maximum absolute atomic E-state index is 11.5. The number of rotatable bonds is 10. The highest BCUT2D eigenvalue weighted by Gasteiger charge is 2.64. The van der Waals surface area contributed by atoms with E-state index in [9.17, 15) is 56.2 Å². The molecule has 6 saturated heterocycles. The monoisotopic (exact) mass is 1000 g/mol. The molecule has 10 rings (SSSR count). The van der Waals surface area contributed by atoms with Gasteiger partial charge in [-0.25, -0.2) is 0 Å². The van der Waals surface area contributed by atoms with Gasteiger partial charge in [-0.3, -0.25) is 0 Å². The molecule has 0 aromatic heterocycles. The molecule has 31 atom stereocenters. The third-order valence-electron chi connectivity index (χ3n) is 18.5. The van der Waals surface area contributed by atoms with Gasteiger partial charge < -0.3 is 104 Å². The summed E-state index contributed by atoms with van der Waals surface area (Å²) in [7, 11) is 0. The van der Waals surface area contributed by atoms with Crippen molar-refractivity contribution in [1.29, 1.82) is 0 Å². The van der Waals surface area contributed by atoms with Gasteiger partial charge in [-0.2, -0.15) is 0 Å². The Labute approximate surface area is 407 Å². The summed E-state index contributed by atoms with van der Waals surface area (Å²) in [5, 5.41) is 119. The lowest BCUT2D eigenvalue weighted by Crippen LogP contribution is -2.67. The topological polar surface area (TPSA) is 315 Å². The number of allylic oxidation sites excluding steroid dienone is 1. The first kappa shape index (κ1) is 52.3. The highest BCUT2D eigenvalue weighted by Crippen LogP contribution is 2.64. The predicted octanol–water partition coefficient (Wildman–Crippen LogP) is -1.71. The van der Waals surface area contributed by atoms with Crippen LogP contribution in [0.25, 0.3) is 0 Å². The fourth-order valence-electron chi connectivity index (χ4n) is 14.6. The van der Waals surface area contributed by atoms with Crippen molar-refractivity contribution in [3.8, 4) is 0 Å². The van der Waals surface area contributed by atoms with Crippen LogP contribution in [0.5, 0.6) is 0 Å². The van der Waals surface area contributed by atoms with E-state index < -0.39 is 142 Å². The summed E-state index contributed by atoms with van der Waals surface area (Å²) < 4.78 is 60.3.